The number of hydrazone groups is 1. The van der Waals surface area contributed by atoms with E-state index in [1.165, 1.54) is 40.3 Å². The van der Waals surface area contributed by atoms with Gasteiger partial charge in [-0.2, -0.15) is 5.10 Å². The predicted octanol–water partition coefficient (Wildman–Crippen LogP) is 4.19. The first-order chi connectivity index (χ1) is 14.5. The van der Waals surface area contributed by atoms with E-state index in [0.29, 0.717) is 27.5 Å². The number of nitrogens with one attached hydrogen (secondary N) is 2. The highest BCUT2D eigenvalue weighted by Gasteiger charge is 2.19. The number of carbonyl (C=O) groups is 1. The van der Waals surface area contributed by atoms with Gasteiger partial charge in [-0.25, -0.2) is 14.5 Å². The molecule has 4 aromatic rings. The Kier molecular flexibility index (Phi) is 5.40. The number of aromatic nitrogens is 2. The van der Waals surface area contributed by atoms with Crippen LogP contribution in [0.1, 0.15) is 22.2 Å². The van der Waals surface area contributed by atoms with Crippen molar-refractivity contribution >= 4 is 23.0 Å². The minimum absolute atomic E-state index is 0.317. The van der Waals surface area contributed by atoms with Gasteiger partial charge in [0.1, 0.15) is 5.82 Å². The van der Waals surface area contributed by atoms with E-state index < -0.39 is 5.82 Å². The van der Waals surface area contributed by atoms with Gasteiger partial charge in [0.05, 0.1) is 27.5 Å². The molecule has 0 bridgehead atoms. The number of thiophene rings is 1. The maximum absolute atomic E-state index is 13.3. The maximum Gasteiger partial charge on any atom is 0.281 e. The number of halogens is 1. The number of aromatic amines is 1. The van der Waals surface area contributed by atoms with Crippen LogP contribution in [0.25, 0.3) is 16.9 Å². The number of amides is 1. The van der Waals surface area contributed by atoms with Gasteiger partial charge in [-0.1, -0.05) is 36.4 Å². The lowest BCUT2D eigenvalue weighted by Crippen LogP contribution is -2.23. The Morgan fingerprint density at radius 2 is 1.80 bits per heavy atom. The summed E-state index contributed by atoms with van der Waals surface area (Å²) in [6.07, 6.45) is 0. The highest BCUT2D eigenvalue weighted by atomic mass is 32.1. The highest BCUT2D eigenvalue weighted by molar-refractivity contribution is 7.12. The van der Waals surface area contributed by atoms with Gasteiger partial charge >= 0.3 is 0 Å². The van der Waals surface area contributed by atoms with Gasteiger partial charge in [0, 0.05) is 5.56 Å². The summed E-state index contributed by atoms with van der Waals surface area (Å²) in [6.45, 7) is 1.65. The fraction of sp³-hybridized carbons (Fsp3) is 0.0455. The molecule has 30 heavy (non-hydrogen) atoms. The maximum atomic E-state index is 13.3. The van der Waals surface area contributed by atoms with Gasteiger partial charge in [0.15, 0.2) is 0 Å². The Morgan fingerprint density at radius 3 is 2.47 bits per heavy atom. The molecule has 0 aliphatic rings. The molecule has 2 N–H and O–H groups in total. The molecule has 0 radical (unpaired) electrons. The number of hydrogen-bond acceptors (Lipinski definition) is 4. The SMILES string of the molecule is C/C(=N\NC(=O)c1cccs1)c1c(-c2ccccc2)[nH]n(-c2ccc(F)cc2)c1=O. The molecule has 0 atom stereocenters. The zero-order chi connectivity index (χ0) is 21.1. The molecule has 150 valence electrons. The highest BCUT2D eigenvalue weighted by Crippen LogP contribution is 2.21. The monoisotopic (exact) mass is 420 g/mol. The lowest BCUT2D eigenvalue weighted by Gasteiger charge is -2.03. The standard InChI is InChI=1S/C22H17FN4O2S/c1-14(24-25-21(28)18-8-5-13-30-18)19-20(15-6-3-2-4-7-15)26-27(22(19)29)17-11-9-16(23)10-12-17/h2-13,26H,1H3,(H,25,28)/b24-14+. The molecule has 8 heteroatoms. The molecule has 0 unspecified atom stereocenters. The van der Waals surface area contributed by atoms with Crippen molar-refractivity contribution in [1.82, 2.24) is 15.2 Å². The van der Waals surface area contributed by atoms with E-state index in [9.17, 15) is 14.0 Å². The zero-order valence-corrected chi connectivity index (χ0v) is 16.7. The van der Waals surface area contributed by atoms with Crippen LogP contribution in [0.2, 0.25) is 0 Å². The predicted molar refractivity (Wildman–Crippen MR) is 116 cm³/mol. The average Bonchev–Trinajstić information content (AvgIpc) is 3.41. The molecule has 6 nitrogen and oxygen atoms in total. The Bertz CT molecular complexity index is 1260. The molecule has 0 saturated carbocycles. The third kappa shape index (κ3) is 3.85. The summed E-state index contributed by atoms with van der Waals surface area (Å²) in [4.78, 5) is 25.9. The fourth-order valence-corrected chi connectivity index (χ4v) is 3.63. The fourth-order valence-electron chi connectivity index (χ4n) is 3.01. The Hall–Kier alpha value is -3.78. The van der Waals surface area contributed by atoms with Crippen LogP contribution in [0, 0.1) is 5.82 Å². The van der Waals surface area contributed by atoms with Crippen molar-refractivity contribution in [2.24, 2.45) is 5.10 Å². The molecule has 2 aromatic carbocycles. The van der Waals surface area contributed by atoms with E-state index in [1.54, 1.807) is 24.4 Å². The van der Waals surface area contributed by atoms with Crippen LogP contribution < -0.4 is 11.0 Å². The first kappa shape index (κ1) is 19.5. The molecular weight excluding hydrogens is 403 g/mol. The molecule has 0 aliphatic carbocycles. The van der Waals surface area contributed by atoms with Gasteiger partial charge in [0.2, 0.25) is 0 Å². The topological polar surface area (TPSA) is 79.2 Å². The minimum atomic E-state index is -0.393. The molecule has 4 rings (SSSR count). The minimum Gasteiger partial charge on any atom is -0.290 e. The summed E-state index contributed by atoms with van der Waals surface area (Å²) in [6, 6.07) is 18.4. The normalized spacial score (nSPS) is 11.5. The smallest absolute Gasteiger partial charge is 0.281 e. The van der Waals surface area contributed by atoms with Crippen LogP contribution in [0.4, 0.5) is 4.39 Å². The molecule has 0 fully saturated rings. The van der Waals surface area contributed by atoms with Gasteiger partial charge in [-0.3, -0.25) is 14.7 Å². The van der Waals surface area contributed by atoms with Crippen molar-refractivity contribution in [3.05, 3.63) is 98.7 Å². The van der Waals surface area contributed by atoms with Crippen molar-refractivity contribution in [2.45, 2.75) is 6.92 Å². The molecule has 0 spiro atoms. The van der Waals surface area contributed by atoms with Gasteiger partial charge in [-0.05, 0) is 42.6 Å². The third-order valence-corrected chi connectivity index (χ3v) is 5.34. The number of nitrogens with zero attached hydrogens (tertiary/aromatic N) is 2. The summed E-state index contributed by atoms with van der Waals surface area (Å²) < 4.78 is 14.6. The Morgan fingerprint density at radius 1 is 1.07 bits per heavy atom. The number of benzene rings is 2. The van der Waals surface area contributed by atoms with E-state index in [2.05, 4.69) is 15.6 Å². The number of H-pyrrole nitrogens is 1. The molecule has 1 amide bonds. The van der Waals surface area contributed by atoms with Crippen LogP contribution in [-0.2, 0) is 0 Å². The van der Waals surface area contributed by atoms with Crippen LogP contribution in [0.15, 0.2) is 82.0 Å². The van der Waals surface area contributed by atoms with E-state index in [-0.39, 0.29) is 11.5 Å². The number of carbonyl (C=O) groups excluding carboxylic acids is 1. The molecule has 0 aliphatic heterocycles. The first-order valence-electron chi connectivity index (χ1n) is 9.09. The van der Waals surface area contributed by atoms with Crippen LogP contribution in [0.3, 0.4) is 0 Å². The average molecular weight is 420 g/mol. The van der Waals surface area contributed by atoms with E-state index in [1.807, 2.05) is 30.3 Å². The second-order valence-corrected chi connectivity index (χ2v) is 7.41. The van der Waals surface area contributed by atoms with E-state index >= 15 is 0 Å². The molecular formula is C22H17FN4O2S. The third-order valence-electron chi connectivity index (χ3n) is 4.47. The van der Waals surface area contributed by atoms with E-state index in [0.717, 1.165) is 5.56 Å². The van der Waals surface area contributed by atoms with Gasteiger partial charge < -0.3 is 0 Å². The quantitative estimate of drug-likeness (QED) is 0.375. The van der Waals surface area contributed by atoms with Crippen LogP contribution in [-0.4, -0.2) is 21.4 Å². The summed E-state index contributed by atoms with van der Waals surface area (Å²) in [5, 5.41) is 9.04. The molecule has 0 saturated heterocycles. The summed E-state index contributed by atoms with van der Waals surface area (Å²) in [7, 11) is 0. The lowest BCUT2D eigenvalue weighted by molar-refractivity contribution is 0.0959. The summed E-state index contributed by atoms with van der Waals surface area (Å²) in [5.41, 5.74) is 4.62. The van der Waals surface area contributed by atoms with Crippen molar-refractivity contribution in [1.29, 1.82) is 0 Å². The van der Waals surface area contributed by atoms with Crippen molar-refractivity contribution < 1.29 is 9.18 Å². The van der Waals surface area contributed by atoms with Crippen LogP contribution in [0.5, 0.6) is 0 Å². The summed E-state index contributed by atoms with van der Waals surface area (Å²) >= 11 is 1.30. The van der Waals surface area contributed by atoms with Crippen LogP contribution >= 0.6 is 11.3 Å². The Balaban J connectivity index is 1.79. The van der Waals surface area contributed by atoms with Gasteiger partial charge in [0.25, 0.3) is 11.5 Å². The Labute approximate surface area is 175 Å². The summed E-state index contributed by atoms with van der Waals surface area (Å²) in [5.74, 6) is -0.740. The van der Waals surface area contributed by atoms with E-state index in [4.69, 9.17) is 0 Å². The zero-order valence-electron chi connectivity index (χ0n) is 15.9. The second-order valence-electron chi connectivity index (χ2n) is 6.46. The van der Waals surface area contributed by atoms with Crippen molar-refractivity contribution in [3.8, 4) is 16.9 Å². The molecule has 2 aromatic heterocycles. The number of rotatable bonds is 5. The number of hydrogen-bond donors (Lipinski definition) is 2. The van der Waals surface area contributed by atoms with Gasteiger partial charge in [-0.15, -0.1) is 11.3 Å². The largest absolute Gasteiger partial charge is 0.290 e. The van der Waals surface area contributed by atoms with Crippen molar-refractivity contribution in [3.63, 3.8) is 0 Å². The first-order valence-corrected chi connectivity index (χ1v) is 9.97. The van der Waals surface area contributed by atoms with Crippen molar-refractivity contribution in [2.75, 3.05) is 0 Å². The molecule has 2 heterocycles. The second kappa shape index (κ2) is 8.30. The lowest BCUT2D eigenvalue weighted by atomic mass is 10.1.